The van der Waals surface area contributed by atoms with E-state index in [-0.39, 0.29) is 5.91 Å². The number of aromatic nitrogens is 3. The number of nitrogens with zero attached hydrogens (tertiary/aromatic N) is 5. The number of hydrazone groups is 1. The molecule has 7 nitrogen and oxygen atoms in total. The topological polar surface area (TPSA) is 96.0 Å². The van der Waals surface area contributed by atoms with Crippen molar-refractivity contribution in [3.05, 3.63) is 47.5 Å². The van der Waals surface area contributed by atoms with E-state index in [2.05, 4.69) is 26.7 Å². The Morgan fingerprint density at radius 2 is 2.48 bits per heavy atom. The SMILES string of the molecule is Cc1nn(CCC#N)cc1/C=N/NC(=O)c1cccnc1. The molecule has 2 rings (SSSR count). The molecule has 1 N–H and O–H groups in total. The Morgan fingerprint density at radius 3 is 3.19 bits per heavy atom. The summed E-state index contributed by atoms with van der Waals surface area (Å²) in [5, 5.41) is 16.7. The predicted molar refractivity (Wildman–Crippen MR) is 76.5 cm³/mol. The number of carbonyl (C=O) groups is 1. The number of aryl methyl sites for hydroxylation is 2. The Kier molecular flexibility index (Phi) is 4.77. The Morgan fingerprint density at radius 1 is 1.62 bits per heavy atom. The van der Waals surface area contributed by atoms with Gasteiger partial charge in [0.15, 0.2) is 0 Å². The quantitative estimate of drug-likeness (QED) is 0.659. The number of pyridine rings is 1. The molecular formula is C14H14N6O. The van der Waals surface area contributed by atoms with Crippen LogP contribution in [0.4, 0.5) is 0 Å². The van der Waals surface area contributed by atoms with Gasteiger partial charge in [0, 0.05) is 24.2 Å². The third-order valence-corrected chi connectivity index (χ3v) is 2.73. The van der Waals surface area contributed by atoms with E-state index in [4.69, 9.17) is 5.26 Å². The van der Waals surface area contributed by atoms with Gasteiger partial charge in [0.05, 0.1) is 36.5 Å². The smallest absolute Gasteiger partial charge is 0.271 e. The molecule has 0 aliphatic heterocycles. The summed E-state index contributed by atoms with van der Waals surface area (Å²) < 4.78 is 1.68. The molecule has 0 saturated carbocycles. The lowest BCUT2D eigenvalue weighted by Gasteiger charge is -1.97. The summed E-state index contributed by atoms with van der Waals surface area (Å²) in [4.78, 5) is 15.6. The summed E-state index contributed by atoms with van der Waals surface area (Å²) in [6.45, 7) is 2.38. The molecule has 21 heavy (non-hydrogen) atoms. The van der Waals surface area contributed by atoms with Gasteiger partial charge in [-0.05, 0) is 19.1 Å². The molecule has 106 valence electrons. The Labute approximate surface area is 121 Å². The van der Waals surface area contributed by atoms with Gasteiger partial charge in [-0.25, -0.2) is 5.43 Å². The molecule has 0 radical (unpaired) electrons. The van der Waals surface area contributed by atoms with Crippen molar-refractivity contribution in [1.82, 2.24) is 20.2 Å². The molecule has 0 spiro atoms. The highest BCUT2D eigenvalue weighted by atomic mass is 16.2. The molecule has 2 aromatic rings. The van der Waals surface area contributed by atoms with E-state index >= 15 is 0 Å². The molecule has 0 aliphatic rings. The van der Waals surface area contributed by atoms with Crippen LogP contribution >= 0.6 is 0 Å². The number of hydrogen-bond donors (Lipinski definition) is 1. The lowest BCUT2D eigenvalue weighted by molar-refractivity contribution is 0.0955. The minimum Gasteiger partial charge on any atom is -0.271 e. The Balaban J connectivity index is 1.97. The third kappa shape index (κ3) is 3.98. The van der Waals surface area contributed by atoms with Crippen LogP contribution in [0, 0.1) is 18.3 Å². The van der Waals surface area contributed by atoms with Crippen LogP contribution in [-0.4, -0.2) is 26.9 Å². The van der Waals surface area contributed by atoms with E-state index in [1.165, 1.54) is 12.4 Å². The van der Waals surface area contributed by atoms with Gasteiger partial charge in [0.1, 0.15) is 0 Å². The fraction of sp³-hybridized carbons (Fsp3) is 0.214. The maximum atomic E-state index is 11.7. The highest BCUT2D eigenvalue weighted by Crippen LogP contribution is 2.03. The number of nitrogens with one attached hydrogen (secondary N) is 1. The van der Waals surface area contributed by atoms with Crippen LogP contribution in [0.2, 0.25) is 0 Å². The van der Waals surface area contributed by atoms with Crippen molar-refractivity contribution < 1.29 is 4.79 Å². The zero-order chi connectivity index (χ0) is 15.1. The van der Waals surface area contributed by atoms with Crippen LogP contribution < -0.4 is 5.43 Å². The molecule has 2 aromatic heterocycles. The fourth-order valence-electron chi connectivity index (χ4n) is 1.66. The molecule has 0 atom stereocenters. The van der Waals surface area contributed by atoms with Crippen LogP contribution in [0.25, 0.3) is 0 Å². The van der Waals surface area contributed by atoms with E-state index in [1.807, 2.05) is 6.92 Å². The number of carbonyl (C=O) groups excluding carboxylic acids is 1. The normalized spacial score (nSPS) is 10.5. The standard InChI is InChI=1S/C14H14N6O/c1-11-13(10-20(19-11)7-3-5-15)9-17-18-14(21)12-4-2-6-16-8-12/h2,4,6,8-10H,3,7H2,1H3,(H,18,21)/b17-9+. The van der Waals surface area contributed by atoms with E-state index in [1.54, 1.807) is 29.2 Å². The van der Waals surface area contributed by atoms with E-state index in [9.17, 15) is 4.79 Å². The Hall–Kier alpha value is -3.01. The maximum Gasteiger partial charge on any atom is 0.272 e. The average Bonchev–Trinajstić information content (AvgIpc) is 2.86. The van der Waals surface area contributed by atoms with Crippen molar-refractivity contribution in [2.75, 3.05) is 0 Å². The van der Waals surface area contributed by atoms with E-state index in [0.29, 0.717) is 18.5 Å². The molecular weight excluding hydrogens is 268 g/mol. The maximum absolute atomic E-state index is 11.7. The molecule has 0 aromatic carbocycles. The van der Waals surface area contributed by atoms with Gasteiger partial charge in [0.25, 0.3) is 5.91 Å². The van der Waals surface area contributed by atoms with Gasteiger partial charge < -0.3 is 0 Å². The van der Waals surface area contributed by atoms with Gasteiger partial charge in [0.2, 0.25) is 0 Å². The zero-order valence-corrected chi connectivity index (χ0v) is 11.5. The molecule has 1 amide bonds. The summed E-state index contributed by atoms with van der Waals surface area (Å²) in [5.41, 5.74) is 4.44. The first-order valence-electron chi connectivity index (χ1n) is 6.35. The Bertz CT molecular complexity index is 683. The van der Waals surface area contributed by atoms with Gasteiger partial charge in [-0.3, -0.25) is 14.5 Å². The van der Waals surface area contributed by atoms with Gasteiger partial charge in [-0.1, -0.05) is 0 Å². The van der Waals surface area contributed by atoms with Crippen molar-refractivity contribution in [1.29, 1.82) is 5.26 Å². The third-order valence-electron chi connectivity index (χ3n) is 2.73. The number of amides is 1. The van der Waals surface area contributed by atoms with Crippen LogP contribution in [0.15, 0.2) is 35.8 Å². The highest BCUT2D eigenvalue weighted by Gasteiger charge is 2.04. The highest BCUT2D eigenvalue weighted by molar-refractivity contribution is 5.94. The van der Waals surface area contributed by atoms with Gasteiger partial charge in [-0.2, -0.15) is 15.5 Å². The first-order chi connectivity index (χ1) is 10.2. The predicted octanol–water partition coefficient (Wildman–Crippen LogP) is 1.26. The van der Waals surface area contributed by atoms with Gasteiger partial charge in [-0.15, -0.1) is 0 Å². The monoisotopic (exact) mass is 282 g/mol. The molecule has 2 heterocycles. The van der Waals surface area contributed by atoms with E-state index in [0.717, 1.165) is 11.3 Å². The van der Waals surface area contributed by atoms with Crippen molar-refractivity contribution in [3.8, 4) is 6.07 Å². The summed E-state index contributed by atoms with van der Waals surface area (Å²) in [6, 6.07) is 5.40. The molecule has 0 unspecified atom stereocenters. The second-order valence-electron chi connectivity index (χ2n) is 4.28. The molecule has 0 aliphatic carbocycles. The fourth-order valence-corrected chi connectivity index (χ4v) is 1.66. The lowest BCUT2D eigenvalue weighted by Crippen LogP contribution is -2.17. The summed E-state index contributed by atoms with van der Waals surface area (Å²) in [6.07, 6.45) is 6.77. The van der Waals surface area contributed by atoms with Crippen molar-refractivity contribution >= 4 is 12.1 Å². The number of hydrogen-bond acceptors (Lipinski definition) is 5. The number of nitriles is 1. The van der Waals surface area contributed by atoms with Crippen LogP contribution in [0.1, 0.15) is 28.0 Å². The summed E-state index contributed by atoms with van der Waals surface area (Å²) in [5.74, 6) is -0.325. The van der Waals surface area contributed by atoms with Crippen LogP contribution in [-0.2, 0) is 6.54 Å². The molecule has 0 fully saturated rings. The van der Waals surface area contributed by atoms with Crippen molar-refractivity contribution in [3.63, 3.8) is 0 Å². The average molecular weight is 282 g/mol. The van der Waals surface area contributed by atoms with Crippen molar-refractivity contribution in [2.24, 2.45) is 5.10 Å². The molecule has 0 bridgehead atoms. The largest absolute Gasteiger partial charge is 0.272 e. The van der Waals surface area contributed by atoms with Crippen LogP contribution in [0.3, 0.4) is 0 Å². The minimum atomic E-state index is -0.325. The molecule has 0 saturated heterocycles. The minimum absolute atomic E-state index is 0.325. The van der Waals surface area contributed by atoms with Crippen LogP contribution in [0.5, 0.6) is 0 Å². The number of rotatable bonds is 5. The van der Waals surface area contributed by atoms with Crippen molar-refractivity contribution in [2.45, 2.75) is 19.9 Å². The van der Waals surface area contributed by atoms with Gasteiger partial charge >= 0.3 is 0 Å². The second-order valence-corrected chi connectivity index (χ2v) is 4.28. The first-order valence-corrected chi connectivity index (χ1v) is 6.35. The summed E-state index contributed by atoms with van der Waals surface area (Å²) in [7, 11) is 0. The lowest BCUT2D eigenvalue weighted by atomic mass is 10.3. The summed E-state index contributed by atoms with van der Waals surface area (Å²) >= 11 is 0. The first kappa shape index (κ1) is 14.4. The molecule has 7 heteroatoms. The zero-order valence-electron chi connectivity index (χ0n) is 11.5. The second kappa shape index (κ2) is 6.96. The van der Waals surface area contributed by atoms with E-state index < -0.39 is 0 Å².